The van der Waals surface area contributed by atoms with Crippen LogP contribution >= 0.6 is 0 Å². The summed E-state index contributed by atoms with van der Waals surface area (Å²) >= 11 is 0. The Labute approximate surface area is 143 Å². The van der Waals surface area contributed by atoms with Crippen LogP contribution in [0.3, 0.4) is 0 Å². The smallest absolute Gasteiger partial charge is 0.339 e. The Hall–Kier alpha value is -3.15. The zero-order valence-electron chi connectivity index (χ0n) is 13.4. The first kappa shape index (κ1) is 15.4. The van der Waals surface area contributed by atoms with Crippen molar-refractivity contribution >= 4 is 23.0 Å². The number of ether oxygens (including phenoxy) is 1. The number of amides is 1. The lowest BCUT2D eigenvalue weighted by Gasteiger charge is -2.07. The number of esters is 1. The van der Waals surface area contributed by atoms with Gasteiger partial charge in [0.1, 0.15) is 5.52 Å². The molecule has 0 unspecified atom stereocenters. The summed E-state index contributed by atoms with van der Waals surface area (Å²) in [6.07, 6.45) is 1.97. The van der Waals surface area contributed by atoms with Crippen LogP contribution in [0.25, 0.3) is 22.6 Å². The van der Waals surface area contributed by atoms with Crippen molar-refractivity contribution < 1.29 is 18.7 Å². The van der Waals surface area contributed by atoms with E-state index in [0.717, 1.165) is 12.8 Å². The Kier molecular flexibility index (Phi) is 3.93. The van der Waals surface area contributed by atoms with E-state index in [1.165, 1.54) is 0 Å². The molecule has 2 aromatic carbocycles. The molecule has 0 spiro atoms. The minimum atomic E-state index is -0.580. The fourth-order valence-corrected chi connectivity index (χ4v) is 2.54. The Bertz CT molecular complexity index is 910. The highest BCUT2D eigenvalue weighted by Gasteiger charge is 2.24. The van der Waals surface area contributed by atoms with Gasteiger partial charge in [-0.3, -0.25) is 4.79 Å². The molecule has 1 aliphatic rings. The molecule has 0 aliphatic heterocycles. The van der Waals surface area contributed by atoms with E-state index >= 15 is 0 Å². The van der Waals surface area contributed by atoms with Crippen molar-refractivity contribution in [2.45, 2.75) is 18.9 Å². The molecule has 3 aromatic rings. The zero-order valence-corrected chi connectivity index (χ0v) is 13.4. The van der Waals surface area contributed by atoms with Crippen LogP contribution in [0.15, 0.2) is 52.9 Å². The van der Waals surface area contributed by atoms with Crippen molar-refractivity contribution in [3.63, 3.8) is 0 Å². The van der Waals surface area contributed by atoms with Crippen LogP contribution in [0, 0.1) is 0 Å². The molecule has 1 heterocycles. The number of rotatable bonds is 5. The van der Waals surface area contributed by atoms with Crippen LogP contribution in [-0.2, 0) is 9.53 Å². The van der Waals surface area contributed by atoms with Gasteiger partial charge in [0.25, 0.3) is 5.91 Å². The molecule has 1 amide bonds. The molecule has 25 heavy (non-hydrogen) atoms. The third-order valence-corrected chi connectivity index (χ3v) is 3.95. The van der Waals surface area contributed by atoms with Crippen LogP contribution in [0.1, 0.15) is 23.2 Å². The molecule has 1 fully saturated rings. The maximum absolute atomic E-state index is 12.4. The second-order valence-corrected chi connectivity index (χ2v) is 5.95. The Balaban J connectivity index is 1.55. The SMILES string of the molecule is O=C(COC(=O)c1ccccc1-c1nc2ccccc2o1)NC1CC1. The lowest BCUT2D eigenvalue weighted by Crippen LogP contribution is -2.30. The topological polar surface area (TPSA) is 81.4 Å². The standard InChI is InChI=1S/C19H16N2O4/c22-17(20-12-9-10-12)11-24-19(23)14-6-2-1-5-13(14)18-21-15-7-3-4-8-16(15)25-18/h1-8,12H,9-11H2,(H,20,22). The van der Waals surface area contributed by atoms with E-state index in [2.05, 4.69) is 10.3 Å². The van der Waals surface area contributed by atoms with Crippen LogP contribution in [0.2, 0.25) is 0 Å². The molecule has 1 aliphatic carbocycles. The average Bonchev–Trinajstić information content (AvgIpc) is 3.34. The molecular formula is C19H16N2O4. The number of fused-ring (bicyclic) bond motifs is 1. The summed E-state index contributed by atoms with van der Waals surface area (Å²) in [6, 6.07) is 14.5. The number of oxazole rings is 1. The third-order valence-electron chi connectivity index (χ3n) is 3.95. The summed E-state index contributed by atoms with van der Waals surface area (Å²) in [5.41, 5.74) is 2.20. The summed E-state index contributed by atoms with van der Waals surface area (Å²) in [5, 5.41) is 2.78. The van der Waals surface area contributed by atoms with Gasteiger partial charge in [-0.25, -0.2) is 9.78 Å². The van der Waals surface area contributed by atoms with Crippen molar-refractivity contribution in [3.05, 3.63) is 54.1 Å². The predicted octanol–water partition coefficient (Wildman–Crippen LogP) is 2.93. The van der Waals surface area contributed by atoms with Crippen molar-refractivity contribution in [2.24, 2.45) is 0 Å². The number of nitrogens with one attached hydrogen (secondary N) is 1. The molecule has 1 N–H and O–H groups in total. The van der Waals surface area contributed by atoms with E-state index in [1.54, 1.807) is 24.3 Å². The molecule has 6 nitrogen and oxygen atoms in total. The molecule has 0 atom stereocenters. The Morgan fingerprint density at radius 3 is 2.68 bits per heavy atom. The van der Waals surface area contributed by atoms with Gasteiger partial charge in [-0.2, -0.15) is 0 Å². The number of nitrogens with zero attached hydrogens (tertiary/aromatic N) is 1. The lowest BCUT2D eigenvalue weighted by atomic mass is 10.1. The Morgan fingerprint density at radius 1 is 1.12 bits per heavy atom. The van der Waals surface area contributed by atoms with Crippen molar-refractivity contribution in [1.29, 1.82) is 0 Å². The van der Waals surface area contributed by atoms with Gasteiger partial charge in [0, 0.05) is 6.04 Å². The number of carbonyl (C=O) groups excluding carboxylic acids is 2. The van der Waals surface area contributed by atoms with Gasteiger partial charge in [-0.1, -0.05) is 24.3 Å². The maximum Gasteiger partial charge on any atom is 0.339 e. The van der Waals surface area contributed by atoms with Crippen molar-refractivity contribution in [2.75, 3.05) is 6.61 Å². The number of carbonyl (C=O) groups is 2. The molecule has 1 aromatic heterocycles. The molecule has 0 bridgehead atoms. The summed E-state index contributed by atoms with van der Waals surface area (Å²) in [4.78, 5) is 28.5. The molecule has 126 valence electrons. The van der Waals surface area contributed by atoms with Gasteiger partial charge >= 0.3 is 5.97 Å². The van der Waals surface area contributed by atoms with Gasteiger partial charge in [0.05, 0.1) is 11.1 Å². The number of hydrogen-bond acceptors (Lipinski definition) is 5. The third kappa shape index (κ3) is 3.38. The van der Waals surface area contributed by atoms with E-state index in [4.69, 9.17) is 9.15 Å². The van der Waals surface area contributed by atoms with Gasteiger partial charge in [0.2, 0.25) is 5.89 Å². The molecular weight excluding hydrogens is 320 g/mol. The first-order valence-corrected chi connectivity index (χ1v) is 8.12. The summed E-state index contributed by atoms with van der Waals surface area (Å²) in [7, 11) is 0. The number of para-hydroxylation sites is 2. The van der Waals surface area contributed by atoms with Gasteiger partial charge in [-0.15, -0.1) is 0 Å². The lowest BCUT2D eigenvalue weighted by molar-refractivity contribution is -0.124. The minimum absolute atomic E-state index is 0.234. The van der Waals surface area contributed by atoms with E-state index in [-0.39, 0.29) is 18.6 Å². The highest BCUT2D eigenvalue weighted by molar-refractivity contribution is 5.97. The fourth-order valence-electron chi connectivity index (χ4n) is 2.54. The number of aromatic nitrogens is 1. The largest absolute Gasteiger partial charge is 0.452 e. The average molecular weight is 336 g/mol. The predicted molar refractivity (Wildman–Crippen MR) is 90.9 cm³/mol. The van der Waals surface area contributed by atoms with Crippen LogP contribution in [0.4, 0.5) is 0 Å². The monoisotopic (exact) mass is 336 g/mol. The molecule has 1 saturated carbocycles. The van der Waals surface area contributed by atoms with Crippen LogP contribution in [0.5, 0.6) is 0 Å². The molecule has 0 saturated heterocycles. The van der Waals surface area contributed by atoms with E-state index < -0.39 is 5.97 Å². The second kappa shape index (κ2) is 6.39. The summed E-state index contributed by atoms with van der Waals surface area (Å²) < 4.78 is 10.9. The van der Waals surface area contributed by atoms with Crippen LogP contribution in [-0.4, -0.2) is 29.5 Å². The highest BCUT2D eigenvalue weighted by Crippen LogP contribution is 2.27. The van der Waals surface area contributed by atoms with E-state index in [9.17, 15) is 9.59 Å². The first-order chi connectivity index (χ1) is 12.2. The maximum atomic E-state index is 12.4. The number of benzene rings is 2. The van der Waals surface area contributed by atoms with Crippen molar-refractivity contribution in [1.82, 2.24) is 10.3 Å². The Morgan fingerprint density at radius 2 is 1.88 bits per heavy atom. The van der Waals surface area contributed by atoms with Crippen LogP contribution < -0.4 is 5.32 Å². The quantitative estimate of drug-likeness (QED) is 0.725. The molecule has 6 heteroatoms. The minimum Gasteiger partial charge on any atom is -0.452 e. The molecule has 0 radical (unpaired) electrons. The normalized spacial score (nSPS) is 13.6. The fraction of sp³-hybridized carbons (Fsp3) is 0.211. The second-order valence-electron chi connectivity index (χ2n) is 5.95. The molecule has 4 rings (SSSR count). The van der Waals surface area contributed by atoms with Gasteiger partial charge in [-0.05, 0) is 37.1 Å². The highest BCUT2D eigenvalue weighted by atomic mass is 16.5. The zero-order chi connectivity index (χ0) is 17.2. The first-order valence-electron chi connectivity index (χ1n) is 8.12. The summed E-state index contributed by atoms with van der Waals surface area (Å²) in [5.74, 6) is -0.518. The summed E-state index contributed by atoms with van der Waals surface area (Å²) in [6.45, 7) is -0.294. The van der Waals surface area contributed by atoms with Crippen molar-refractivity contribution in [3.8, 4) is 11.5 Å². The van der Waals surface area contributed by atoms with Gasteiger partial charge < -0.3 is 14.5 Å². The van der Waals surface area contributed by atoms with E-state index in [1.807, 2.05) is 24.3 Å². The van der Waals surface area contributed by atoms with Gasteiger partial charge in [0.15, 0.2) is 12.2 Å². The van der Waals surface area contributed by atoms with E-state index in [0.29, 0.717) is 28.1 Å². The number of hydrogen-bond donors (Lipinski definition) is 1.